The third-order valence-corrected chi connectivity index (χ3v) is 3.13. The Bertz CT molecular complexity index is 314. The van der Waals surface area contributed by atoms with Crippen LogP contribution >= 0.6 is 15.9 Å². The summed E-state index contributed by atoms with van der Waals surface area (Å²) in [4.78, 5) is 4.34. The van der Waals surface area contributed by atoms with Crippen LogP contribution in [0.25, 0.3) is 0 Å². The number of aromatic nitrogens is 1. The van der Waals surface area contributed by atoms with Crippen LogP contribution in [0.15, 0.2) is 16.6 Å². The van der Waals surface area contributed by atoms with Crippen molar-refractivity contribution < 1.29 is 4.74 Å². The quantitative estimate of drug-likeness (QED) is 0.809. The lowest BCUT2D eigenvalue weighted by molar-refractivity contribution is 0.242. The van der Waals surface area contributed by atoms with Crippen molar-refractivity contribution in [2.75, 3.05) is 6.61 Å². The van der Waals surface area contributed by atoms with Gasteiger partial charge in [-0.15, -0.1) is 0 Å². The summed E-state index contributed by atoms with van der Waals surface area (Å²) in [6.45, 7) is 7.11. The van der Waals surface area contributed by atoms with Crippen molar-refractivity contribution in [3.63, 3.8) is 0 Å². The molecule has 0 aliphatic carbocycles. The molecule has 0 aliphatic heterocycles. The minimum atomic E-state index is 0.598. The van der Waals surface area contributed by atoms with Crippen molar-refractivity contribution in [3.05, 3.63) is 22.3 Å². The maximum absolute atomic E-state index is 5.62. The van der Waals surface area contributed by atoms with Gasteiger partial charge in [0, 0.05) is 10.5 Å². The van der Waals surface area contributed by atoms with Gasteiger partial charge >= 0.3 is 0 Å². The third-order valence-electron chi connectivity index (χ3n) is 2.29. The number of ether oxygens (including phenoxy) is 1. The summed E-state index contributed by atoms with van der Waals surface area (Å²) >= 11 is 3.42. The van der Waals surface area contributed by atoms with Crippen molar-refractivity contribution in [1.29, 1.82) is 0 Å². The highest BCUT2D eigenvalue weighted by Crippen LogP contribution is 2.18. The molecule has 1 rings (SSSR count). The van der Waals surface area contributed by atoms with Crippen LogP contribution < -0.4 is 4.74 Å². The average molecular weight is 272 g/mol. The lowest BCUT2D eigenvalue weighted by Gasteiger charge is -2.11. The van der Waals surface area contributed by atoms with Crippen LogP contribution in [-0.2, 0) is 0 Å². The second kappa shape index (κ2) is 6.11. The Kier molecular flexibility index (Phi) is 5.09. The minimum absolute atomic E-state index is 0.598. The highest BCUT2D eigenvalue weighted by Gasteiger charge is 2.04. The van der Waals surface area contributed by atoms with Gasteiger partial charge in [-0.3, -0.25) is 0 Å². The van der Waals surface area contributed by atoms with Gasteiger partial charge in [0.2, 0.25) is 5.88 Å². The summed E-state index contributed by atoms with van der Waals surface area (Å²) < 4.78 is 6.65. The summed E-state index contributed by atoms with van der Waals surface area (Å²) in [6.07, 6.45) is 2.41. The highest BCUT2D eigenvalue weighted by atomic mass is 79.9. The van der Waals surface area contributed by atoms with E-state index in [1.165, 1.54) is 12.8 Å². The Labute approximate surface area is 100 Å². The van der Waals surface area contributed by atoms with Crippen LogP contribution in [0.2, 0.25) is 0 Å². The van der Waals surface area contributed by atoms with Crippen molar-refractivity contribution in [3.8, 4) is 5.88 Å². The van der Waals surface area contributed by atoms with Gasteiger partial charge in [-0.05, 0) is 41.3 Å². The van der Waals surface area contributed by atoms with Crippen LogP contribution in [0.1, 0.15) is 32.4 Å². The average Bonchev–Trinajstić information content (AvgIpc) is 2.20. The van der Waals surface area contributed by atoms with Crippen molar-refractivity contribution >= 4 is 15.9 Å². The zero-order valence-electron chi connectivity index (χ0n) is 9.59. The maximum atomic E-state index is 5.62. The number of aryl methyl sites for hydroxylation is 1. The summed E-state index contributed by atoms with van der Waals surface area (Å²) in [5, 5.41) is 0. The standard InChI is InChI=1S/C12H18BrNO/c1-4-5-9(2)8-15-12-7-6-11(13)10(3)14-12/h6-7,9H,4-5,8H2,1-3H3. The molecule has 1 heterocycles. The SMILES string of the molecule is CCCC(C)COc1ccc(Br)c(C)n1. The molecule has 1 aromatic rings. The Hall–Kier alpha value is -0.570. The Morgan fingerprint density at radius 3 is 2.80 bits per heavy atom. The second-order valence-corrected chi connectivity index (χ2v) is 4.78. The van der Waals surface area contributed by atoms with E-state index in [1.807, 2.05) is 19.1 Å². The van der Waals surface area contributed by atoms with E-state index < -0.39 is 0 Å². The van der Waals surface area contributed by atoms with E-state index in [0.29, 0.717) is 5.92 Å². The predicted octanol–water partition coefficient (Wildman–Crippen LogP) is 3.97. The molecule has 0 spiro atoms. The minimum Gasteiger partial charge on any atom is -0.477 e. The Balaban J connectivity index is 2.47. The molecule has 2 nitrogen and oxygen atoms in total. The molecule has 0 aromatic carbocycles. The number of rotatable bonds is 5. The molecule has 0 fully saturated rings. The molecule has 1 aromatic heterocycles. The molecule has 0 bridgehead atoms. The van der Waals surface area contributed by atoms with Gasteiger partial charge < -0.3 is 4.74 Å². The monoisotopic (exact) mass is 271 g/mol. The molecule has 3 heteroatoms. The van der Waals surface area contributed by atoms with E-state index in [9.17, 15) is 0 Å². The second-order valence-electron chi connectivity index (χ2n) is 3.92. The van der Waals surface area contributed by atoms with Crippen LogP contribution in [0.4, 0.5) is 0 Å². The molecule has 0 amide bonds. The normalized spacial score (nSPS) is 12.5. The number of pyridine rings is 1. The first kappa shape index (κ1) is 12.5. The highest BCUT2D eigenvalue weighted by molar-refractivity contribution is 9.10. The molecule has 0 saturated heterocycles. The molecular formula is C12H18BrNO. The summed E-state index contributed by atoms with van der Waals surface area (Å²) in [5.74, 6) is 1.32. The van der Waals surface area contributed by atoms with Crippen molar-refractivity contribution in [1.82, 2.24) is 4.98 Å². The summed E-state index contributed by atoms with van der Waals surface area (Å²) in [7, 11) is 0. The van der Waals surface area contributed by atoms with Gasteiger partial charge in [-0.1, -0.05) is 20.3 Å². The van der Waals surface area contributed by atoms with Gasteiger partial charge in [0.25, 0.3) is 0 Å². The maximum Gasteiger partial charge on any atom is 0.213 e. The first-order valence-corrected chi connectivity index (χ1v) is 6.18. The topological polar surface area (TPSA) is 22.1 Å². The molecular weight excluding hydrogens is 254 g/mol. The first-order valence-electron chi connectivity index (χ1n) is 5.39. The number of hydrogen-bond donors (Lipinski definition) is 0. The summed E-state index contributed by atoms with van der Waals surface area (Å²) in [6, 6.07) is 3.87. The lowest BCUT2D eigenvalue weighted by Crippen LogP contribution is -2.09. The molecule has 84 valence electrons. The van der Waals surface area contributed by atoms with Gasteiger partial charge in [-0.2, -0.15) is 0 Å². The number of hydrogen-bond acceptors (Lipinski definition) is 2. The van der Waals surface area contributed by atoms with Gasteiger partial charge in [-0.25, -0.2) is 4.98 Å². The van der Waals surface area contributed by atoms with Crippen LogP contribution in [0, 0.1) is 12.8 Å². The fourth-order valence-electron chi connectivity index (χ4n) is 1.41. The number of nitrogens with zero attached hydrogens (tertiary/aromatic N) is 1. The fraction of sp³-hybridized carbons (Fsp3) is 0.583. The zero-order valence-corrected chi connectivity index (χ0v) is 11.2. The Morgan fingerprint density at radius 2 is 2.20 bits per heavy atom. The molecule has 0 aliphatic rings. The third kappa shape index (κ3) is 4.20. The number of halogens is 1. The van der Waals surface area contributed by atoms with E-state index in [0.717, 1.165) is 22.7 Å². The predicted molar refractivity (Wildman–Crippen MR) is 66.2 cm³/mol. The van der Waals surface area contributed by atoms with E-state index in [1.54, 1.807) is 0 Å². The smallest absolute Gasteiger partial charge is 0.213 e. The lowest BCUT2D eigenvalue weighted by atomic mass is 10.1. The van der Waals surface area contributed by atoms with E-state index in [-0.39, 0.29) is 0 Å². The summed E-state index contributed by atoms with van der Waals surface area (Å²) in [5.41, 5.74) is 0.968. The van der Waals surface area contributed by atoms with Crippen molar-refractivity contribution in [2.45, 2.75) is 33.6 Å². The van der Waals surface area contributed by atoms with Crippen LogP contribution in [0.3, 0.4) is 0 Å². The van der Waals surface area contributed by atoms with Crippen LogP contribution in [-0.4, -0.2) is 11.6 Å². The van der Waals surface area contributed by atoms with Gasteiger partial charge in [0.05, 0.1) is 12.3 Å². The Morgan fingerprint density at radius 1 is 1.47 bits per heavy atom. The van der Waals surface area contributed by atoms with Crippen LogP contribution in [0.5, 0.6) is 5.88 Å². The van der Waals surface area contributed by atoms with Gasteiger partial charge in [0.1, 0.15) is 0 Å². The van der Waals surface area contributed by atoms with E-state index in [4.69, 9.17) is 4.74 Å². The van der Waals surface area contributed by atoms with E-state index in [2.05, 4.69) is 34.8 Å². The fourth-order valence-corrected chi connectivity index (χ4v) is 1.63. The van der Waals surface area contributed by atoms with Crippen molar-refractivity contribution in [2.24, 2.45) is 5.92 Å². The molecule has 1 atom stereocenters. The molecule has 0 saturated carbocycles. The van der Waals surface area contributed by atoms with E-state index >= 15 is 0 Å². The largest absolute Gasteiger partial charge is 0.477 e. The molecule has 15 heavy (non-hydrogen) atoms. The first-order chi connectivity index (χ1) is 7.13. The molecule has 0 radical (unpaired) electrons. The van der Waals surface area contributed by atoms with Gasteiger partial charge in [0.15, 0.2) is 0 Å². The molecule has 0 N–H and O–H groups in total. The molecule has 1 unspecified atom stereocenters. The zero-order chi connectivity index (χ0) is 11.3.